The Hall–Kier alpha value is -3.85. The van der Waals surface area contributed by atoms with Crippen molar-refractivity contribution in [3.63, 3.8) is 0 Å². The van der Waals surface area contributed by atoms with Gasteiger partial charge < -0.3 is 14.8 Å². The first-order chi connectivity index (χ1) is 16.4. The number of nitrogens with zero attached hydrogens (tertiary/aromatic N) is 2. The molecule has 0 unspecified atom stereocenters. The smallest absolute Gasteiger partial charge is 0.246 e. The molecule has 0 aliphatic carbocycles. The molecule has 9 heteroatoms. The fraction of sp³-hybridized carbons (Fsp3) is 0.200. The van der Waals surface area contributed by atoms with Crippen molar-refractivity contribution in [2.24, 2.45) is 0 Å². The van der Waals surface area contributed by atoms with Gasteiger partial charge in [-0.25, -0.2) is 17.9 Å². The van der Waals surface area contributed by atoms with Crippen LogP contribution in [-0.2, 0) is 9.53 Å². The summed E-state index contributed by atoms with van der Waals surface area (Å²) in [6.07, 6.45) is 0.822. The van der Waals surface area contributed by atoms with E-state index in [0.717, 1.165) is 23.0 Å². The van der Waals surface area contributed by atoms with Crippen LogP contribution in [0.1, 0.15) is 18.6 Å². The van der Waals surface area contributed by atoms with Gasteiger partial charge in [0.1, 0.15) is 24.3 Å². The minimum absolute atomic E-state index is 0.149. The summed E-state index contributed by atoms with van der Waals surface area (Å²) in [6.45, 7) is 1.55. The summed E-state index contributed by atoms with van der Waals surface area (Å²) in [6, 6.07) is 14.1. The fourth-order valence-corrected chi connectivity index (χ4v) is 3.67. The predicted octanol–water partition coefficient (Wildman–Crippen LogP) is 4.71. The molecular weight excluding hydrogens is 447 g/mol. The van der Waals surface area contributed by atoms with E-state index in [4.69, 9.17) is 9.47 Å². The number of benzene rings is 3. The minimum Gasteiger partial charge on any atom is -0.484 e. The van der Waals surface area contributed by atoms with E-state index in [1.54, 1.807) is 48.1 Å². The van der Waals surface area contributed by atoms with Gasteiger partial charge in [-0.05, 0) is 67.1 Å². The predicted molar refractivity (Wildman–Crippen MR) is 120 cm³/mol. The van der Waals surface area contributed by atoms with E-state index < -0.39 is 23.8 Å². The van der Waals surface area contributed by atoms with Gasteiger partial charge in [0.2, 0.25) is 5.91 Å². The lowest BCUT2D eigenvalue weighted by atomic mass is 10.0. The van der Waals surface area contributed by atoms with Gasteiger partial charge in [-0.2, -0.15) is 5.10 Å². The molecule has 0 saturated heterocycles. The average molecular weight is 469 g/mol. The number of amides is 1. The second-order valence-corrected chi connectivity index (χ2v) is 7.75. The van der Waals surface area contributed by atoms with Crippen LogP contribution in [-0.4, -0.2) is 35.4 Å². The molecule has 0 aliphatic heterocycles. The molecule has 1 N–H and O–H groups in total. The van der Waals surface area contributed by atoms with Gasteiger partial charge in [-0.1, -0.05) is 6.07 Å². The zero-order valence-electron chi connectivity index (χ0n) is 18.5. The number of carbonyl (C=O) groups is 1. The molecular formula is C25H22F3N3O3. The van der Waals surface area contributed by atoms with Crippen molar-refractivity contribution in [3.05, 3.63) is 89.9 Å². The Morgan fingerprint density at radius 1 is 1.03 bits per heavy atom. The number of nitrogens with one attached hydrogen (secondary N) is 1. The maximum Gasteiger partial charge on any atom is 0.246 e. The van der Waals surface area contributed by atoms with Crippen LogP contribution >= 0.6 is 0 Å². The summed E-state index contributed by atoms with van der Waals surface area (Å²) in [4.78, 5) is 12.0. The van der Waals surface area contributed by atoms with E-state index in [2.05, 4.69) is 10.4 Å². The Morgan fingerprint density at radius 3 is 2.50 bits per heavy atom. The zero-order valence-corrected chi connectivity index (χ0v) is 18.5. The molecule has 1 amide bonds. The van der Waals surface area contributed by atoms with Crippen molar-refractivity contribution in [1.82, 2.24) is 15.1 Å². The highest BCUT2D eigenvalue weighted by Gasteiger charge is 2.24. The van der Waals surface area contributed by atoms with E-state index >= 15 is 0 Å². The normalized spacial score (nSPS) is 13.0. The molecule has 3 aromatic carbocycles. The summed E-state index contributed by atoms with van der Waals surface area (Å²) in [5.74, 6) is -2.27. The molecule has 4 rings (SSSR count). The molecule has 176 valence electrons. The fourth-order valence-electron chi connectivity index (χ4n) is 3.67. The van der Waals surface area contributed by atoms with Gasteiger partial charge in [-0.3, -0.25) is 4.79 Å². The third-order valence-electron chi connectivity index (χ3n) is 5.26. The number of aromatic nitrogens is 2. The Balaban J connectivity index is 1.64. The average Bonchev–Trinajstić information content (AvgIpc) is 3.23. The minimum atomic E-state index is -1.02. The van der Waals surface area contributed by atoms with Crippen LogP contribution in [0.3, 0.4) is 0 Å². The first-order valence-corrected chi connectivity index (χ1v) is 10.5. The third kappa shape index (κ3) is 5.04. The quantitative estimate of drug-likeness (QED) is 0.406. The summed E-state index contributed by atoms with van der Waals surface area (Å²) < 4.78 is 53.4. The molecule has 6 nitrogen and oxygen atoms in total. The zero-order chi connectivity index (χ0) is 24.2. The number of hydrogen-bond acceptors (Lipinski definition) is 4. The monoisotopic (exact) mass is 469 g/mol. The van der Waals surface area contributed by atoms with Gasteiger partial charge in [0.25, 0.3) is 0 Å². The maximum absolute atomic E-state index is 13.9. The highest BCUT2D eigenvalue weighted by atomic mass is 19.2. The van der Waals surface area contributed by atoms with Crippen LogP contribution < -0.4 is 10.1 Å². The molecule has 34 heavy (non-hydrogen) atoms. The van der Waals surface area contributed by atoms with Crippen LogP contribution in [0.5, 0.6) is 5.75 Å². The Labute approximate surface area is 193 Å². The number of rotatable bonds is 8. The van der Waals surface area contributed by atoms with Crippen LogP contribution in [0.2, 0.25) is 0 Å². The molecule has 0 saturated carbocycles. The Kier molecular flexibility index (Phi) is 6.83. The molecule has 0 radical (unpaired) electrons. The van der Waals surface area contributed by atoms with E-state index in [1.807, 2.05) is 0 Å². The molecule has 1 heterocycles. The van der Waals surface area contributed by atoms with E-state index in [0.29, 0.717) is 17.0 Å². The number of carbonyl (C=O) groups excluding carboxylic acids is 1. The third-order valence-corrected chi connectivity index (χ3v) is 5.26. The Morgan fingerprint density at radius 2 is 1.79 bits per heavy atom. The van der Waals surface area contributed by atoms with Crippen molar-refractivity contribution >= 4 is 16.8 Å². The van der Waals surface area contributed by atoms with Crippen LogP contribution in [0.4, 0.5) is 13.2 Å². The first kappa shape index (κ1) is 23.3. The van der Waals surface area contributed by atoms with Crippen molar-refractivity contribution in [3.8, 4) is 11.4 Å². The summed E-state index contributed by atoms with van der Waals surface area (Å²) in [5.41, 5.74) is 1.82. The number of ether oxygens (including phenoxy) is 2. The topological polar surface area (TPSA) is 65.4 Å². The van der Waals surface area contributed by atoms with Gasteiger partial charge in [0, 0.05) is 12.5 Å². The SMILES string of the molecule is COCC(=O)N[C@@H](C)[C@H](Oc1ccc2c(cnn2-c2ccc(F)cc2)c1)c1ccc(F)c(F)c1. The van der Waals surface area contributed by atoms with Gasteiger partial charge in [-0.15, -0.1) is 0 Å². The van der Waals surface area contributed by atoms with E-state index in [-0.39, 0.29) is 18.3 Å². The van der Waals surface area contributed by atoms with Crippen molar-refractivity contribution in [1.29, 1.82) is 0 Å². The Bertz CT molecular complexity index is 1310. The first-order valence-electron chi connectivity index (χ1n) is 10.5. The van der Waals surface area contributed by atoms with Crippen LogP contribution in [0.25, 0.3) is 16.6 Å². The molecule has 1 aromatic heterocycles. The van der Waals surface area contributed by atoms with Gasteiger partial charge >= 0.3 is 0 Å². The molecule has 0 spiro atoms. The van der Waals surface area contributed by atoms with E-state index in [1.165, 1.54) is 25.3 Å². The lowest BCUT2D eigenvalue weighted by molar-refractivity contribution is -0.126. The lowest BCUT2D eigenvalue weighted by Gasteiger charge is -2.26. The number of fused-ring (bicyclic) bond motifs is 1. The highest BCUT2D eigenvalue weighted by Crippen LogP contribution is 2.29. The van der Waals surface area contributed by atoms with E-state index in [9.17, 15) is 18.0 Å². The molecule has 2 atom stereocenters. The molecule has 0 fully saturated rings. The van der Waals surface area contributed by atoms with Crippen molar-refractivity contribution in [2.45, 2.75) is 19.1 Å². The number of halogens is 3. The molecule has 0 bridgehead atoms. The van der Waals surface area contributed by atoms with Gasteiger partial charge in [0.15, 0.2) is 11.6 Å². The van der Waals surface area contributed by atoms with Crippen molar-refractivity contribution in [2.75, 3.05) is 13.7 Å². The van der Waals surface area contributed by atoms with Crippen LogP contribution in [0.15, 0.2) is 66.9 Å². The second-order valence-electron chi connectivity index (χ2n) is 7.75. The standard InChI is InChI=1S/C25H22F3N3O3/c1-15(30-24(32)14-33-2)25(16-3-9-21(27)22(28)12-16)34-20-8-10-23-17(11-20)13-29-31(23)19-6-4-18(26)5-7-19/h3-13,15,25H,14H2,1-2H3,(H,30,32)/t15-,25-/m0/s1. The lowest BCUT2D eigenvalue weighted by Crippen LogP contribution is -2.40. The summed E-state index contributed by atoms with van der Waals surface area (Å²) in [7, 11) is 1.40. The van der Waals surface area contributed by atoms with Crippen molar-refractivity contribution < 1.29 is 27.4 Å². The number of methoxy groups -OCH3 is 1. The molecule has 0 aliphatic rings. The maximum atomic E-state index is 13.9. The van der Waals surface area contributed by atoms with Crippen LogP contribution in [0, 0.1) is 17.5 Å². The summed E-state index contributed by atoms with van der Waals surface area (Å²) >= 11 is 0. The van der Waals surface area contributed by atoms with Gasteiger partial charge in [0.05, 0.1) is 23.4 Å². The number of hydrogen-bond donors (Lipinski definition) is 1. The second kappa shape index (κ2) is 9.96. The molecule has 4 aromatic rings. The highest BCUT2D eigenvalue weighted by molar-refractivity contribution is 5.81. The summed E-state index contributed by atoms with van der Waals surface area (Å²) in [5, 5.41) is 7.87. The largest absolute Gasteiger partial charge is 0.484 e.